The third-order valence-corrected chi connectivity index (χ3v) is 1.82. The lowest BCUT2D eigenvalue weighted by Crippen LogP contribution is -1.94. The molecule has 72 valence electrons. The van der Waals surface area contributed by atoms with Gasteiger partial charge in [0.1, 0.15) is 0 Å². The highest BCUT2D eigenvalue weighted by Crippen LogP contribution is 2.19. The molecule has 0 aliphatic rings. The summed E-state index contributed by atoms with van der Waals surface area (Å²) in [6, 6.07) is 7.77. The minimum absolute atomic E-state index is 0.662. The predicted octanol–water partition coefficient (Wildman–Crippen LogP) is 2.78. The molecule has 0 unspecified atom stereocenters. The first-order valence-corrected chi connectivity index (χ1v) is 4.83. The summed E-state index contributed by atoms with van der Waals surface area (Å²) in [5.74, 6) is 0. The Labute approximate surface area is 89.2 Å². The average molecular weight is 204 g/mol. The second kappa shape index (κ2) is 6.22. The van der Waals surface area contributed by atoms with Crippen molar-refractivity contribution in [2.24, 2.45) is 10.7 Å². The lowest BCUT2D eigenvalue weighted by atomic mass is 10.1. The van der Waals surface area contributed by atoms with Crippen molar-refractivity contribution in [2.75, 3.05) is 6.54 Å². The molecule has 0 fully saturated rings. The standard InChI is InChI=1S/C11H12N2S/c12-8-4-3-6-10-5-1-2-7-11(10)13-9-14/h1-3,5-7H,4,8,12H2. The Bertz CT molecular complexity index is 365. The SMILES string of the molecule is NCCC=Cc1ccccc1N=C=S. The number of benzene rings is 1. The number of thiocarbonyl (C=S) groups is 1. The van der Waals surface area contributed by atoms with E-state index in [0.717, 1.165) is 17.7 Å². The molecule has 1 aromatic rings. The molecule has 2 N–H and O–H groups in total. The highest BCUT2D eigenvalue weighted by molar-refractivity contribution is 7.78. The van der Waals surface area contributed by atoms with Gasteiger partial charge in [0, 0.05) is 5.56 Å². The van der Waals surface area contributed by atoms with Gasteiger partial charge in [-0.15, -0.1) is 0 Å². The molecule has 3 heteroatoms. The number of para-hydroxylation sites is 1. The number of rotatable bonds is 4. The van der Waals surface area contributed by atoms with Gasteiger partial charge in [-0.25, -0.2) is 0 Å². The minimum Gasteiger partial charge on any atom is -0.330 e. The number of hydrogen-bond acceptors (Lipinski definition) is 3. The van der Waals surface area contributed by atoms with Crippen LogP contribution in [0.5, 0.6) is 0 Å². The van der Waals surface area contributed by atoms with Gasteiger partial charge < -0.3 is 5.73 Å². The molecule has 0 saturated heterocycles. The molecule has 0 heterocycles. The molecule has 2 nitrogen and oxygen atoms in total. The van der Waals surface area contributed by atoms with Crippen LogP contribution >= 0.6 is 12.2 Å². The second-order valence-corrected chi connectivity index (χ2v) is 2.92. The van der Waals surface area contributed by atoms with E-state index in [0.29, 0.717) is 6.54 Å². The van der Waals surface area contributed by atoms with Gasteiger partial charge in [-0.3, -0.25) is 0 Å². The molecule has 0 aliphatic carbocycles. The van der Waals surface area contributed by atoms with Crippen LogP contribution in [0.3, 0.4) is 0 Å². The second-order valence-electron chi connectivity index (χ2n) is 2.74. The van der Waals surface area contributed by atoms with Crippen LogP contribution in [0.25, 0.3) is 6.08 Å². The number of aliphatic imine (C=N–C) groups is 1. The van der Waals surface area contributed by atoms with E-state index in [4.69, 9.17) is 5.73 Å². The fourth-order valence-electron chi connectivity index (χ4n) is 1.09. The molecule has 0 atom stereocenters. The summed E-state index contributed by atoms with van der Waals surface area (Å²) in [7, 11) is 0. The van der Waals surface area contributed by atoms with E-state index in [1.54, 1.807) is 0 Å². The zero-order chi connectivity index (χ0) is 10.2. The van der Waals surface area contributed by atoms with Crippen molar-refractivity contribution < 1.29 is 0 Å². The van der Waals surface area contributed by atoms with Crippen molar-refractivity contribution in [2.45, 2.75) is 6.42 Å². The minimum atomic E-state index is 0.662. The summed E-state index contributed by atoms with van der Waals surface area (Å²) in [6.45, 7) is 0.662. The van der Waals surface area contributed by atoms with Crippen LogP contribution in [0.15, 0.2) is 35.3 Å². The molecule has 1 rings (SSSR count). The van der Waals surface area contributed by atoms with Gasteiger partial charge in [-0.2, -0.15) is 4.99 Å². The van der Waals surface area contributed by atoms with E-state index in [2.05, 4.69) is 22.4 Å². The van der Waals surface area contributed by atoms with Crippen molar-refractivity contribution in [3.63, 3.8) is 0 Å². The topological polar surface area (TPSA) is 38.4 Å². The predicted molar refractivity (Wildman–Crippen MR) is 63.8 cm³/mol. The Morgan fingerprint density at radius 2 is 2.21 bits per heavy atom. The smallest absolute Gasteiger partial charge is 0.0811 e. The van der Waals surface area contributed by atoms with Crippen LogP contribution in [0.4, 0.5) is 5.69 Å². The molecule has 0 spiro atoms. The zero-order valence-electron chi connectivity index (χ0n) is 7.81. The first-order valence-electron chi connectivity index (χ1n) is 4.42. The van der Waals surface area contributed by atoms with Crippen LogP contribution in [0.1, 0.15) is 12.0 Å². The lowest BCUT2D eigenvalue weighted by Gasteiger charge is -1.97. The molecule has 0 amide bonds. The fraction of sp³-hybridized carbons (Fsp3) is 0.182. The van der Waals surface area contributed by atoms with Crippen molar-refractivity contribution in [3.8, 4) is 0 Å². The maximum Gasteiger partial charge on any atom is 0.0811 e. The Morgan fingerprint density at radius 1 is 1.43 bits per heavy atom. The van der Waals surface area contributed by atoms with Gasteiger partial charge in [0.15, 0.2) is 0 Å². The van der Waals surface area contributed by atoms with E-state index in [9.17, 15) is 0 Å². The Hall–Kier alpha value is -1.28. The summed E-state index contributed by atoms with van der Waals surface area (Å²) >= 11 is 4.57. The highest BCUT2D eigenvalue weighted by Gasteiger charge is 1.93. The van der Waals surface area contributed by atoms with Gasteiger partial charge in [0.05, 0.1) is 10.8 Å². The van der Waals surface area contributed by atoms with E-state index >= 15 is 0 Å². The lowest BCUT2D eigenvalue weighted by molar-refractivity contribution is 1.01. The number of isothiocyanates is 1. The van der Waals surface area contributed by atoms with Crippen molar-refractivity contribution >= 4 is 29.1 Å². The van der Waals surface area contributed by atoms with Crippen LogP contribution < -0.4 is 5.73 Å². The number of nitrogens with zero attached hydrogens (tertiary/aromatic N) is 1. The van der Waals surface area contributed by atoms with Crippen LogP contribution in [0, 0.1) is 0 Å². The molecular formula is C11H12N2S. The first kappa shape index (κ1) is 10.8. The molecule has 0 saturated carbocycles. The summed E-state index contributed by atoms with van der Waals surface area (Å²) in [5, 5.41) is 2.36. The molecule has 0 radical (unpaired) electrons. The van der Waals surface area contributed by atoms with Crippen LogP contribution in [-0.2, 0) is 0 Å². The summed E-state index contributed by atoms with van der Waals surface area (Å²) < 4.78 is 0. The Morgan fingerprint density at radius 3 is 2.93 bits per heavy atom. The van der Waals surface area contributed by atoms with Crippen molar-refractivity contribution in [1.82, 2.24) is 0 Å². The van der Waals surface area contributed by atoms with Gasteiger partial charge in [-0.1, -0.05) is 30.4 Å². The Balaban J connectivity index is 2.89. The fourth-order valence-corrected chi connectivity index (χ4v) is 1.18. The summed E-state index contributed by atoms with van der Waals surface area (Å²) in [5.41, 5.74) is 7.27. The molecular weight excluding hydrogens is 192 g/mol. The summed E-state index contributed by atoms with van der Waals surface area (Å²) in [6.07, 6.45) is 4.89. The molecule has 0 bridgehead atoms. The van der Waals surface area contributed by atoms with Crippen LogP contribution in [-0.4, -0.2) is 11.7 Å². The highest BCUT2D eigenvalue weighted by atomic mass is 32.1. The van der Waals surface area contributed by atoms with Crippen molar-refractivity contribution in [1.29, 1.82) is 0 Å². The Kier molecular flexibility index (Phi) is 4.79. The van der Waals surface area contributed by atoms with E-state index in [1.807, 2.05) is 36.4 Å². The van der Waals surface area contributed by atoms with Gasteiger partial charge in [0.25, 0.3) is 0 Å². The first-order chi connectivity index (χ1) is 6.88. The van der Waals surface area contributed by atoms with E-state index in [1.165, 1.54) is 0 Å². The molecule has 1 aromatic carbocycles. The van der Waals surface area contributed by atoms with E-state index < -0.39 is 0 Å². The average Bonchev–Trinajstić information content (AvgIpc) is 2.21. The third kappa shape index (κ3) is 3.23. The van der Waals surface area contributed by atoms with E-state index in [-0.39, 0.29) is 0 Å². The molecule has 14 heavy (non-hydrogen) atoms. The molecule has 0 aromatic heterocycles. The van der Waals surface area contributed by atoms with Gasteiger partial charge in [0.2, 0.25) is 0 Å². The van der Waals surface area contributed by atoms with Crippen molar-refractivity contribution in [3.05, 3.63) is 35.9 Å². The largest absolute Gasteiger partial charge is 0.330 e. The number of nitrogens with two attached hydrogens (primary N) is 1. The number of hydrogen-bond donors (Lipinski definition) is 1. The normalized spacial score (nSPS) is 10.1. The van der Waals surface area contributed by atoms with Gasteiger partial charge in [-0.05, 0) is 31.2 Å². The van der Waals surface area contributed by atoms with Gasteiger partial charge >= 0.3 is 0 Å². The summed E-state index contributed by atoms with van der Waals surface area (Å²) in [4.78, 5) is 3.97. The maximum atomic E-state index is 5.39. The third-order valence-electron chi connectivity index (χ3n) is 1.73. The zero-order valence-corrected chi connectivity index (χ0v) is 8.63. The maximum absolute atomic E-state index is 5.39. The quantitative estimate of drug-likeness (QED) is 0.605. The van der Waals surface area contributed by atoms with Crippen LogP contribution in [0.2, 0.25) is 0 Å². The molecule has 0 aliphatic heterocycles. The monoisotopic (exact) mass is 204 g/mol.